The van der Waals surface area contributed by atoms with E-state index in [0.717, 1.165) is 11.1 Å². The molecule has 0 aliphatic carbocycles. The van der Waals surface area contributed by atoms with Gasteiger partial charge in [-0.1, -0.05) is 24.3 Å². The first-order valence-electron chi connectivity index (χ1n) is 6.22. The lowest BCUT2D eigenvalue weighted by Gasteiger charge is -2.11. The predicted molar refractivity (Wildman–Crippen MR) is 79.1 cm³/mol. The Kier molecular flexibility index (Phi) is 4.22. The lowest BCUT2D eigenvalue weighted by Crippen LogP contribution is -2.14. The third-order valence-electron chi connectivity index (χ3n) is 3.00. The molecule has 6 N–H and O–H groups in total. The molecule has 0 bridgehead atoms. The van der Waals surface area contributed by atoms with Crippen molar-refractivity contribution in [2.75, 3.05) is 11.1 Å². The van der Waals surface area contributed by atoms with E-state index in [-0.39, 0.29) is 6.61 Å². The van der Waals surface area contributed by atoms with Crippen LogP contribution in [0.15, 0.2) is 42.5 Å². The molecule has 0 saturated heterocycles. The fraction of sp³-hybridized carbons (Fsp3) is 0.133. The summed E-state index contributed by atoms with van der Waals surface area (Å²) in [6.07, 6.45) is 0. The smallest absolute Gasteiger partial charge is 0.250 e. The van der Waals surface area contributed by atoms with Gasteiger partial charge < -0.3 is 21.9 Å². The zero-order chi connectivity index (χ0) is 14.5. The number of nitrogens with one attached hydrogen (secondary N) is 1. The number of hydrogen-bond acceptors (Lipinski definition) is 4. The average Bonchev–Trinajstić information content (AvgIpc) is 2.45. The van der Waals surface area contributed by atoms with Crippen LogP contribution in [0.25, 0.3) is 0 Å². The summed E-state index contributed by atoms with van der Waals surface area (Å²) in [6, 6.07) is 12.5. The first-order valence-corrected chi connectivity index (χ1v) is 6.22. The standard InChI is InChI=1S/C15H17N3O2/c16-12-5-6-13(15(17)20)14(7-12)18-8-10-1-3-11(9-19)4-2-10/h1-7,18-19H,8-9,16H2,(H2,17,20). The maximum Gasteiger partial charge on any atom is 0.250 e. The Labute approximate surface area is 117 Å². The third-order valence-corrected chi connectivity index (χ3v) is 3.00. The highest BCUT2D eigenvalue weighted by molar-refractivity contribution is 5.99. The Balaban J connectivity index is 2.13. The van der Waals surface area contributed by atoms with E-state index < -0.39 is 5.91 Å². The summed E-state index contributed by atoms with van der Waals surface area (Å²) in [5, 5.41) is 12.1. The van der Waals surface area contributed by atoms with Crippen molar-refractivity contribution < 1.29 is 9.90 Å². The summed E-state index contributed by atoms with van der Waals surface area (Å²) in [6.45, 7) is 0.560. The number of nitrogens with two attached hydrogens (primary N) is 2. The zero-order valence-corrected chi connectivity index (χ0v) is 11.0. The molecule has 2 rings (SSSR count). The quantitative estimate of drug-likeness (QED) is 0.618. The molecule has 0 fully saturated rings. The molecule has 5 nitrogen and oxygen atoms in total. The molecule has 2 aromatic carbocycles. The number of benzene rings is 2. The number of amides is 1. The van der Waals surface area contributed by atoms with Gasteiger partial charge in [-0.15, -0.1) is 0 Å². The van der Waals surface area contributed by atoms with Crippen molar-refractivity contribution in [3.63, 3.8) is 0 Å². The highest BCUT2D eigenvalue weighted by Gasteiger charge is 2.08. The van der Waals surface area contributed by atoms with Gasteiger partial charge in [0.2, 0.25) is 0 Å². The second kappa shape index (κ2) is 6.08. The maximum absolute atomic E-state index is 11.3. The molecule has 0 atom stereocenters. The van der Waals surface area contributed by atoms with Gasteiger partial charge in [-0.3, -0.25) is 4.79 Å². The minimum absolute atomic E-state index is 0.0226. The van der Waals surface area contributed by atoms with E-state index in [1.165, 1.54) is 0 Å². The molecule has 0 radical (unpaired) electrons. The normalized spacial score (nSPS) is 10.2. The Bertz CT molecular complexity index is 609. The summed E-state index contributed by atoms with van der Waals surface area (Å²) in [5.41, 5.74) is 14.5. The van der Waals surface area contributed by atoms with Crippen molar-refractivity contribution >= 4 is 17.3 Å². The monoisotopic (exact) mass is 271 g/mol. The minimum Gasteiger partial charge on any atom is -0.399 e. The number of primary amides is 1. The van der Waals surface area contributed by atoms with Crippen LogP contribution in [0.2, 0.25) is 0 Å². The van der Waals surface area contributed by atoms with Crippen LogP contribution in [0.4, 0.5) is 11.4 Å². The van der Waals surface area contributed by atoms with E-state index in [1.807, 2.05) is 24.3 Å². The fourth-order valence-electron chi connectivity index (χ4n) is 1.88. The molecule has 0 aliphatic rings. The molecule has 0 aliphatic heterocycles. The van der Waals surface area contributed by atoms with Crippen LogP contribution in [-0.4, -0.2) is 11.0 Å². The topological polar surface area (TPSA) is 101 Å². The molecule has 5 heteroatoms. The number of carbonyl (C=O) groups excluding carboxylic acids is 1. The number of hydrogen-bond donors (Lipinski definition) is 4. The van der Waals surface area contributed by atoms with Gasteiger partial charge >= 0.3 is 0 Å². The summed E-state index contributed by atoms with van der Waals surface area (Å²) in [4.78, 5) is 11.3. The van der Waals surface area contributed by atoms with E-state index in [2.05, 4.69) is 5.32 Å². The van der Waals surface area contributed by atoms with Gasteiger partial charge in [0.1, 0.15) is 0 Å². The van der Waals surface area contributed by atoms with Crippen molar-refractivity contribution in [1.29, 1.82) is 0 Å². The minimum atomic E-state index is -0.497. The molecule has 20 heavy (non-hydrogen) atoms. The lowest BCUT2D eigenvalue weighted by molar-refractivity contribution is 0.100. The predicted octanol–water partition coefficient (Wildman–Crippen LogP) is 1.47. The largest absolute Gasteiger partial charge is 0.399 e. The van der Waals surface area contributed by atoms with Gasteiger partial charge in [0.15, 0.2) is 0 Å². The Hall–Kier alpha value is -2.53. The molecule has 0 saturated carbocycles. The van der Waals surface area contributed by atoms with E-state index in [4.69, 9.17) is 16.6 Å². The van der Waals surface area contributed by atoms with Crippen molar-refractivity contribution in [2.24, 2.45) is 5.73 Å². The summed E-state index contributed by atoms with van der Waals surface area (Å²) < 4.78 is 0. The van der Waals surface area contributed by atoms with Gasteiger partial charge in [0, 0.05) is 17.9 Å². The van der Waals surface area contributed by atoms with Crippen molar-refractivity contribution in [2.45, 2.75) is 13.2 Å². The lowest BCUT2D eigenvalue weighted by atomic mass is 10.1. The van der Waals surface area contributed by atoms with E-state index >= 15 is 0 Å². The van der Waals surface area contributed by atoms with Crippen molar-refractivity contribution in [1.82, 2.24) is 0 Å². The van der Waals surface area contributed by atoms with Crippen LogP contribution in [0.3, 0.4) is 0 Å². The molecule has 0 heterocycles. The van der Waals surface area contributed by atoms with Gasteiger partial charge in [0.05, 0.1) is 12.2 Å². The van der Waals surface area contributed by atoms with Gasteiger partial charge in [0.25, 0.3) is 5.91 Å². The van der Waals surface area contributed by atoms with Gasteiger partial charge in [-0.25, -0.2) is 0 Å². The summed E-state index contributed by atoms with van der Waals surface area (Å²) in [7, 11) is 0. The highest BCUT2D eigenvalue weighted by atomic mass is 16.3. The molecular weight excluding hydrogens is 254 g/mol. The molecule has 2 aromatic rings. The molecule has 104 valence electrons. The zero-order valence-electron chi connectivity index (χ0n) is 11.0. The van der Waals surface area contributed by atoms with Crippen molar-refractivity contribution in [3.8, 4) is 0 Å². The van der Waals surface area contributed by atoms with Crippen LogP contribution >= 0.6 is 0 Å². The number of aliphatic hydroxyl groups excluding tert-OH is 1. The molecule has 0 unspecified atom stereocenters. The number of anilines is 2. The van der Waals surface area contributed by atoms with Crippen LogP contribution in [-0.2, 0) is 13.2 Å². The Morgan fingerprint density at radius 2 is 1.75 bits per heavy atom. The second-order valence-corrected chi connectivity index (χ2v) is 4.50. The molecule has 0 spiro atoms. The van der Waals surface area contributed by atoms with E-state index in [1.54, 1.807) is 18.2 Å². The van der Waals surface area contributed by atoms with Crippen LogP contribution < -0.4 is 16.8 Å². The van der Waals surface area contributed by atoms with Crippen molar-refractivity contribution in [3.05, 3.63) is 59.2 Å². The molecular formula is C15H17N3O2. The highest BCUT2D eigenvalue weighted by Crippen LogP contribution is 2.19. The van der Waals surface area contributed by atoms with Crippen LogP contribution in [0.1, 0.15) is 21.5 Å². The first kappa shape index (κ1) is 13.9. The Morgan fingerprint density at radius 3 is 2.35 bits per heavy atom. The number of rotatable bonds is 5. The number of aliphatic hydroxyl groups is 1. The summed E-state index contributed by atoms with van der Waals surface area (Å²) in [5.74, 6) is -0.497. The Morgan fingerprint density at radius 1 is 1.10 bits per heavy atom. The molecule has 1 amide bonds. The number of carbonyl (C=O) groups is 1. The number of nitrogen functional groups attached to an aromatic ring is 1. The van der Waals surface area contributed by atoms with Crippen LogP contribution in [0, 0.1) is 0 Å². The second-order valence-electron chi connectivity index (χ2n) is 4.50. The SMILES string of the molecule is NC(=O)c1ccc(N)cc1NCc1ccc(CO)cc1. The van der Waals surface area contributed by atoms with E-state index in [0.29, 0.717) is 23.5 Å². The molecule has 0 aromatic heterocycles. The van der Waals surface area contributed by atoms with Gasteiger partial charge in [-0.05, 0) is 29.3 Å². The van der Waals surface area contributed by atoms with E-state index in [9.17, 15) is 4.79 Å². The third kappa shape index (κ3) is 3.27. The first-order chi connectivity index (χ1) is 9.60. The van der Waals surface area contributed by atoms with Crippen LogP contribution in [0.5, 0.6) is 0 Å². The van der Waals surface area contributed by atoms with Gasteiger partial charge in [-0.2, -0.15) is 0 Å². The maximum atomic E-state index is 11.3. The summed E-state index contributed by atoms with van der Waals surface area (Å²) >= 11 is 0. The fourth-order valence-corrected chi connectivity index (χ4v) is 1.88. The average molecular weight is 271 g/mol.